The van der Waals surface area contributed by atoms with Gasteiger partial charge in [-0.15, -0.1) is 12.4 Å². The van der Waals surface area contributed by atoms with Crippen LogP contribution in [0.25, 0.3) is 0 Å². The first-order valence-corrected chi connectivity index (χ1v) is 12.3. The molecular formula is C25H41BClN3O4. The quantitative estimate of drug-likeness (QED) is 0.515. The number of rotatable bonds is 9. The van der Waals surface area contributed by atoms with Gasteiger partial charge in [0.05, 0.1) is 29.6 Å². The number of piperidine rings is 1. The minimum Gasteiger partial charge on any atom is -0.402 e. The number of hydrogen-bond acceptors (Lipinski definition) is 5. The first kappa shape index (κ1) is 28.6. The highest BCUT2D eigenvalue weighted by Gasteiger charge is 2.54. The molecule has 2 heterocycles. The summed E-state index contributed by atoms with van der Waals surface area (Å²) in [6.45, 7) is 9.50. The van der Waals surface area contributed by atoms with Gasteiger partial charge < -0.3 is 25.3 Å². The molecule has 0 bridgehead atoms. The van der Waals surface area contributed by atoms with Gasteiger partial charge in [-0.05, 0) is 71.8 Å². The van der Waals surface area contributed by atoms with Gasteiger partial charge in [-0.1, -0.05) is 30.3 Å². The molecule has 1 aromatic rings. The Hall–Kier alpha value is -1.61. The molecule has 0 saturated carbocycles. The monoisotopic (exact) mass is 493 g/mol. The number of benzene rings is 1. The Bertz CT molecular complexity index is 787. The van der Waals surface area contributed by atoms with E-state index in [0.29, 0.717) is 6.42 Å². The molecular weight excluding hydrogens is 453 g/mol. The van der Waals surface area contributed by atoms with E-state index in [1.54, 1.807) is 0 Å². The van der Waals surface area contributed by atoms with Crippen molar-refractivity contribution in [1.82, 2.24) is 10.2 Å². The average Bonchev–Trinajstić information content (AvgIpc) is 3.01. The maximum atomic E-state index is 13.0. The highest BCUT2D eigenvalue weighted by molar-refractivity contribution is 6.48. The second kappa shape index (κ2) is 12.4. The summed E-state index contributed by atoms with van der Waals surface area (Å²) in [7, 11) is -0.570. The van der Waals surface area contributed by atoms with Crippen molar-refractivity contribution < 1.29 is 18.9 Å². The molecule has 2 amide bonds. The largest absolute Gasteiger partial charge is 0.481 e. The lowest BCUT2D eigenvalue weighted by Gasteiger charge is -2.32. The standard InChI is InChI=1S/C25H40BN3O4.ClH/c1-24(2)25(3,4)33-26(32-24)21(15-11-14-19-12-7-5-8-13-19)28-23(31)20(27)18-22(30)29-16-9-6-10-17-29;/h5,7-8,12-13,20-21H,6,9-11,14-18,27H2,1-4H3,(H,28,31);1H/t20-,21+;/m1./s1. The smallest absolute Gasteiger partial charge is 0.402 e. The van der Waals surface area contributed by atoms with Crippen LogP contribution in [0.1, 0.15) is 71.8 Å². The van der Waals surface area contributed by atoms with Gasteiger partial charge in [-0.2, -0.15) is 0 Å². The van der Waals surface area contributed by atoms with Crippen LogP contribution in [0, 0.1) is 0 Å². The van der Waals surface area contributed by atoms with Crippen LogP contribution in [0.4, 0.5) is 0 Å². The molecule has 0 radical (unpaired) electrons. The topological polar surface area (TPSA) is 93.9 Å². The van der Waals surface area contributed by atoms with Crippen molar-refractivity contribution in [2.75, 3.05) is 13.1 Å². The van der Waals surface area contributed by atoms with E-state index in [1.807, 2.05) is 50.8 Å². The Morgan fingerprint density at radius 2 is 1.65 bits per heavy atom. The van der Waals surface area contributed by atoms with Crippen molar-refractivity contribution in [2.45, 2.75) is 95.8 Å². The summed E-state index contributed by atoms with van der Waals surface area (Å²) >= 11 is 0. The first-order chi connectivity index (χ1) is 15.6. The molecule has 34 heavy (non-hydrogen) atoms. The highest BCUT2D eigenvalue weighted by atomic mass is 35.5. The average molecular weight is 494 g/mol. The van der Waals surface area contributed by atoms with Gasteiger partial charge in [0.25, 0.3) is 0 Å². The summed E-state index contributed by atoms with van der Waals surface area (Å²) in [5.41, 5.74) is 6.42. The molecule has 3 rings (SSSR count). The predicted octanol–water partition coefficient (Wildman–Crippen LogP) is 3.28. The Balaban J connectivity index is 0.00000408. The molecule has 0 spiro atoms. The summed E-state index contributed by atoms with van der Waals surface area (Å²) in [4.78, 5) is 27.4. The summed E-state index contributed by atoms with van der Waals surface area (Å²) in [6, 6.07) is 9.37. The van der Waals surface area contributed by atoms with Crippen LogP contribution < -0.4 is 11.1 Å². The maximum absolute atomic E-state index is 13.0. The van der Waals surface area contributed by atoms with Crippen LogP contribution in [-0.2, 0) is 25.3 Å². The zero-order chi connectivity index (χ0) is 24.1. The Morgan fingerprint density at radius 3 is 2.24 bits per heavy atom. The molecule has 2 aliphatic rings. The molecule has 2 fully saturated rings. The molecule has 1 aromatic carbocycles. The third-order valence-corrected chi connectivity index (χ3v) is 7.19. The molecule has 0 aromatic heterocycles. The first-order valence-electron chi connectivity index (χ1n) is 12.3. The molecule has 0 aliphatic carbocycles. The summed E-state index contributed by atoms with van der Waals surface area (Å²) in [5.74, 6) is -0.730. The third kappa shape index (κ3) is 7.44. The minimum absolute atomic E-state index is 0. The van der Waals surface area contributed by atoms with Crippen molar-refractivity contribution in [3.63, 3.8) is 0 Å². The number of aryl methyl sites for hydroxylation is 1. The molecule has 2 atom stereocenters. The molecule has 0 unspecified atom stereocenters. The number of carbonyl (C=O) groups is 2. The number of halogens is 1. The summed E-state index contributed by atoms with van der Waals surface area (Å²) in [5, 5.41) is 3.04. The fourth-order valence-corrected chi connectivity index (χ4v) is 4.34. The number of amides is 2. The van der Waals surface area contributed by atoms with Gasteiger partial charge >= 0.3 is 7.12 Å². The van der Waals surface area contributed by atoms with Gasteiger partial charge in [0.2, 0.25) is 11.8 Å². The van der Waals surface area contributed by atoms with Crippen LogP contribution in [0.3, 0.4) is 0 Å². The number of nitrogens with two attached hydrogens (primary N) is 1. The Labute approximate surface area is 211 Å². The van der Waals surface area contributed by atoms with Crippen molar-refractivity contribution in [3.05, 3.63) is 35.9 Å². The molecule has 190 valence electrons. The van der Waals surface area contributed by atoms with Gasteiger partial charge in [-0.25, -0.2) is 0 Å². The van der Waals surface area contributed by atoms with E-state index in [1.165, 1.54) is 5.56 Å². The van der Waals surface area contributed by atoms with Crippen LogP contribution in [0.15, 0.2) is 30.3 Å². The number of likely N-dealkylation sites (tertiary alicyclic amines) is 1. The lowest BCUT2D eigenvalue weighted by Crippen LogP contribution is -2.53. The zero-order valence-corrected chi connectivity index (χ0v) is 21.9. The van der Waals surface area contributed by atoms with Crippen molar-refractivity contribution in [3.8, 4) is 0 Å². The predicted molar refractivity (Wildman–Crippen MR) is 138 cm³/mol. The van der Waals surface area contributed by atoms with E-state index in [2.05, 4.69) is 17.4 Å². The minimum atomic E-state index is -0.890. The fourth-order valence-electron chi connectivity index (χ4n) is 4.34. The van der Waals surface area contributed by atoms with Crippen molar-refractivity contribution in [1.29, 1.82) is 0 Å². The van der Waals surface area contributed by atoms with E-state index in [9.17, 15) is 9.59 Å². The summed E-state index contributed by atoms with van der Waals surface area (Å²) in [6.07, 6.45) is 5.63. The number of nitrogens with zero attached hydrogens (tertiary/aromatic N) is 1. The van der Waals surface area contributed by atoms with Crippen LogP contribution in [-0.4, -0.2) is 60.1 Å². The third-order valence-electron chi connectivity index (χ3n) is 7.19. The van der Waals surface area contributed by atoms with Crippen LogP contribution >= 0.6 is 12.4 Å². The van der Waals surface area contributed by atoms with Crippen LogP contribution in [0.5, 0.6) is 0 Å². The zero-order valence-electron chi connectivity index (χ0n) is 21.0. The summed E-state index contributed by atoms with van der Waals surface area (Å²) < 4.78 is 12.5. The van der Waals surface area contributed by atoms with E-state index in [-0.39, 0.29) is 36.6 Å². The molecule has 2 aliphatic heterocycles. The number of carbonyl (C=O) groups excluding carboxylic acids is 2. The molecule has 9 heteroatoms. The number of nitrogens with one attached hydrogen (secondary N) is 1. The van der Waals surface area contributed by atoms with Crippen molar-refractivity contribution in [2.24, 2.45) is 5.73 Å². The van der Waals surface area contributed by atoms with E-state index in [0.717, 1.165) is 45.2 Å². The highest BCUT2D eigenvalue weighted by Crippen LogP contribution is 2.38. The van der Waals surface area contributed by atoms with E-state index >= 15 is 0 Å². The van der Waals surface area contributed by atoms with Gasteiger partial charge in [0.15, 0.2) is 0 Å². The Morgan fingerprint density at radius 1 is 1.06 bits per heavy atom. The van der Waals surface area contributed by atoms with Gasteiger partial charge in [-0.3, -0.25) is 9.59 Å². The van der Waals surface area contributed by atoms with Gasteiger partial charge in [0.1, 0.15) is 0 Å². The molecule has 2 saturated heterocycles. The second-order valence-electron chi connectivity index (χ2n) is 10.4. The van der Waals surface area contributed by atoms with Crippen molar-refractivity contribution >= 4 is 31.3 Å². The normalized spacial score (nSPS) is 20.9. The molecule has 3 N–H and O–H groups in total. The lowest BCUT2D eigenvalue weighted by atomic mass is 9.75. The number of hydrogen-bond donors (Lipinski definition) is 2. The maximum Gasteiger partial charge on any atom is 0.481 e. The van der Waals surface area contributed by atoms with Crippen LogP contribution in [0.2, 0.25) is 0 Å². The second-order valence-corrected chi connectivity index (χ2v) is 10.4. The van der Waals surface area contributed by atoms with E-state index in [4.69, 9.17) is 15.0 Å². The lowest BCUT2D eigenvalue weighted by molar-refractivity contribution is -0.135. The van der Waals surface area contributed by atoms with Gasteiger partial charge in [0, 0.05) is 13.1 Å². The fraction of sp³-hybridized carbons (Fsp3) is 0.680. The Kier molecular flexibility index (Phi) is 10.4. The SMILES string of the molecule is CC1(C)OB([C@H](CCCc2ccccc2)NC(=O)[C@H](N)CC(=O)N2CCCCC2)OC1(C)C.Cl. The molecule has 7 nitrogen and oxygen atoms in total. The van der Waals surface area contributed by atoms with E-state index < -0.39 is 24.4 Å².